The van der Waals surface area contributed by atoms with Gasteiger partial charge in [0, 0.05) is 32.0 Å². The largest absolute Gasteiger partial charge is 0.490 e. The molecule has 27 heavy (non-hydrogen) atoms. The molecule has 1 aliphatic rings. The third kappa shape index (κ3) is 6.10. The summed E-state index contributed by atoms with van der Waals surface area (Å²) in [6, 6.07) is 3.69. The van der Waals surface area contributed by atoms with E-state index in [1.165, 1.54) is 12.1 Å². The lowest BCUT2D eigenvalue weighted by atomic mass is 10.3. The average molecular weight is 399 g/mol. The highest BCUT2D eigenvalue weighted by atomic mass is 32.2. The van der Waals surface area contributed by atoms with E-state index in [1.54, 1.807) is 19.9 Å². The van der Waals surface area contributed by atoms with Gasteiger partial charge in [0.05, 0.1) is 18.1 Å². The molecule has 0 bridgehead atoms. The van der Waals surface area contributed by atoms with Crippen molar-refractivity contribution < 1.29 is 27.5 Å². The smallest absolute Gasteiger partial charge is 0.242 e. The standard InChI is InChI=1S/C17H25N3O6S/c1-3-18-17(22)12(2)20-16(21)7-8-19-27(23,24)13-5-6-14-15(11-13)26-10-4-9-25-14/h5-6,11-12,19H,3-4,7-10H2,1-2H3,(H,18,22)(H,20,21)/t12-/m0/s1. The van der Waals surface area contributed by atoms with Gasteiger partial charge in [-0.3, -0.25) is 9.59 Å². The van der Waals surface area contributed by atoms with Crippen molar-refractivity contribution in [1.82, 2.24) is 15.4 Å². The highest BCUT2D eigenvalue weighted by molar-refractivity contribution is 7.89. The first-order chi connectivity index (χ1) is 12.8. The Hall–Kier alpha value is -2.33. The van der Waals surface area contributed by atoms with E-state index in [4.69, 9.17) is 9.47 Å². The average Bonchev–Trinajstić information content (AvgIpc) is 2.86. The van der Waals surface area contributed by atoms with Crippen LogP contribution in [0.1, 0.15) is 26.7 Å². The minimum absolute atomic E-state index is 0.0304. The van der Waals surface area contributed by atoms with E-state index in [0.29, 0.717) is 31.3 Å². The number of carbonyl (C=O) groups excluding carboxylic acids is 2. The summed E-state index contributed by atoms with van der Waals surface area (Å²) < 4.78 is 38.1. The number of benzene rings is 1. The fourth-order valence-corrected chi connectivity index (χ4v) is 3.45. The van der Waals surface area contributed by atoms with Crippen LogP contribution < -0.4 is 24.8 Å². The van der Waals surface area contributed by atoms with E-state index in [-0.39, 0.29) is 23.8 Å². The monoisotopic (exact) mass is 399 g/mol. The van der Waals surface area contributed by atoms with E-state index in [2.05, 4.69) is 15.4 Å². The molecule has 0 radical (unpaired) electrons. The van der Waals surface area contributed by atoms with E-state index >= 15 is 0 Å². The van der Waals surface area contributed by atoms with Gasteiger partial charge in [0.1, 0.15) is 6.04 Å². The number of rotatable bonds is 8. The summed E-state index contributed by atoms with van der Waals surface area (Å²) in [6.07, 6.45) is 0.631. The predicted octanol–water partition coefficient (Wildman–Crippen LogP) is 0.157. The Morgan fingerprint density at radius 3 is 2.59 bits per heavy atom. The Kier molecular flexibility index (Phi) is 7.43. The number of fused-ring (bicyclic) bond motifs is 1. The van der Waals surface area contributed by atoms with Gasteiger partial charge in [-0.2, -0.15) is 0 Å². The van der Waals surface area contributed by atoms with Gasteiger partial charge < -0.3 is 20.1 Å². The first kappa shape index (κ1) is 21.0. The SMILES string of the molecule is CCNC(=O)[C@H](C)NC(=O)CCNS(=O)(=O)c1ccc2c(c1)OCCCO2. The lowest BCUT2D eigenvalue weighted by Crippen LogP contribution is -2.45. The number of amides is 2. The number of hydrogen-bond acceptors (Lipinski definition) is 6. The first-order valence-corrected chi connectivity index (χ1v) is 10.3. The second-order valence-electron chi connectivity index (χ2n) is 5.99. The van der Waals surface area contributed by atoms with Gasteiger partial charge >= 0.3 is 0 Å². The van der Waals surface area contributed by atoms with Crippen LogP contribution in [0.4, 0.5) is 0 Å². The molecule has 0 aliphatic carbocycles. The second kappa shape index (κ2) is 9.56. The van der Waals surface area contributed by atoms with E-state index < -0.39 is 22.0 Å². The number of carbonyl (C=O) groups is 2. The zero-order valence-corrected chi connectivity index (χ0v) is 16.2. The summed E-state index contributed by atoms with van der Waals surface area (Å²) in [4.78, 5) is 23.5. The molecule has 2 amide bonds. The summed E-state index contributed by atoms with van der Waals surface area (Å²) in [7, 11) is -3.80. The van der Waals surface area contributed by atoms with Gasteiger partial charge in [-0.05, 0) is 26.0 Å². The van der Waals surface area contributed by atoms with Crippen LogP contribution in [0, 0.1) is 0 Å². The minimum atomic E-state index is -3.80. The Labute approximate surface area is 158 Å². The van der Waals surface area contributed by atoms with E-state index in [1.807, 2.05) is 0 Å². The topological polar surface area (TPSA) is 123 Å². The molecule has 0 saturated heterocycles. The van der Waals surface area contributed by atoms with Crippen molar-refractivity contribution in [3.8, 4) is 11.5 Å². The predicted molar refractivity (Wildman–Crippen MR) is 98.1 cm³/mol. The molecule has 9 nitrogen and oxygen atoms in total. The fraction of sp³-hybridized carbons (Fsp3) is 0.529. The van der Waals surface area contributed by atoms with Gasteiger partial charge in [0.2, 0.25) is 21.8 Å². The maximum absolute atomic E-state index is 12.4. The number of ether oxygens (including phenoxy) is 2. The number of likely N-dealkylation sites (N-methyl/N-ethyl adjacent to an activating group) is 1. The Morgan fingerprint density at radius 1 is 1.19 bits per heavy atom. The van der Waals surface area contributed by atoms with Crippen molar-refractivity contribution in [1.29, 1.82) is 0 Å². The zero-order chi connectivity index (χ0) is 19.9. The molecule has 1 aromatic rings. The summed E-state index contributed by atoms with van der Waals surface area (Å²) in [5, 5.41) is 5.11. The van der Waals surface area contributed by atoms with Crippen molar-refractivity contribution in [2.45, 2.75) is 37.6 Å². The van der Waals surface area contributed by atoms with E-state index in [9.17, 15) is 18.0 Å². The number of nitrogens with one attached hydrogen (secondary N) is 3. The fourth-order valence-electron chi connectivity index (χ4n) is 2.40. The van der Waals surface area contributed by atoms with Crippen LogP contribution in [0.25, 0.3) is 0 Å². The summed E-state index contributed by atoms with van der Waals surface area (Å²) in [5.74, 6) is 0.169. The molecule has 0 saturated carbocycles. The van der Waals surface area contributed by atoms with Crippen LogP contribution in [-0.2, 0) is 19.6 Å². The van der Waals surface area contributed by atoms with Gasteiger partial charge in [-0.25, -0.2) is 13.1 Å². The molecule has 1 aromatic carbocycles. The minimum Gasteiger partial charge on any atom is -0.490 e. The maximum Gasteiger partial charge on any atom is 0.242 e. The Balaban J connectivity index is 1.88. The lowest BCUT2D eigenvalue weighted by Gasteiger charge is -2.14. The van der Waals surface area contributed by atoms with Crippen LogP contribution >= 0.6 is 0 Å². The normalized spacial score (nSPS) is 14.7. The molecule has 0 spiro atoms. The molecule has 10 heteroatoms. The highest BCUT2D eigenvalue weighted by Crippen LogP contribution is 2.31. The molecule has 1 heterocycles. The molecule has 0 unspecified atom stereocenters. The van der Waals surface area contributed by atoms with Crippen LogP contribution in [0.2, 0.25) is 0 Å². The van der Waals surface area contributed by atoms with E-state index in [0.717, 1.165) is 6.42 Å². The molecule has 150 valence electrons. The van der Waals surface area contributed by atoms with Gasteiger partial charge in [0.25, 0.3) is 0 Å². The van der Waals surface area contributed by atoms with Crippen LogP contribution in [0.3, 0.4) is 0 Å². The van der Waals surface area contributed by atoms with Crippen molar-refractivity contribution in [3.63, 3.8) is 0 Å². The molecular formula is C17H25N3O6S. The second-order valence-corrected chi connectivity index (χ2v) is 7.76. The highest BCUT2D eigenvalue weighted by Gasteiger charge is 2.19. The first-order valence-electron chi connectivity index (χ1n) is 8.80. The van der Waals surface area contributed by atoms with Crippen molar-refractivity contribution >= 4 is 21.8 Å². The lowest BCUT2D eigenvalue weighted by molar-refractivity contribution is -0.128. The Morgan fingerprint density at radius 2 is 1.89 bits per heavy atom. The summed E-state index contributed by atoms with van der Waals surface area (Å²) >= 11 is 0. The number of sulfonamides is 1. The molecule has 3 N–H and O–H groups in total. The molecule has 1 atom stereocenters. The molecule has 1 aliphatic heterocycles. The molecular weight excluding hydrogens is 374 g/mol. The third-order valence-corrected chi connectivity index (χ3v) is 5.25. The van der Waals surface area contributed by atoms with Crippen LogP contribution in [0.5, 0.6) is 11.5 Å². The van der Waals surface area contributed by atoms with Crippen molar-refractivity contribution in [2.75, 3.05) is 26.3 Å². The molecule has 0 aromatic heterocycles. The third-order valence-electron chi connectivity index (χ3n) is 3.80. The van der Waals surface area contributed by atoms with Gasteiger partial charge in [0.15, 0.2) is 11.5 Å². The molecule has 0 fully saturated rings. The quantitative estimate of drug-likeness (QED) is 0.572. The molecule has 2 rings (SSSR count). The van der Waals surface area contributed by atoms with Crippen LogP contribution in [-0.4, -0.2) is 52.6 Å². The maximum atomic E-state index is 12.4. The van der Waals surface area contributed by atoms with Crippen molar-refractivity contribution in [2.24, 2.45) is 0 Å². The summed E-state index contributed by atoms with van der Waals surface area (Å²) in [5.41, 5.74) is 0. The number of hydrogen-bond donors (Lipinski definition) is 3. The van der Waals surface area contributed by atoms with Crippen LogP contribution in [0.15, 0.2) is 23.1 Å². The summed E-state index contributed by atoms with van der Waals surface area (Å²) in [6.45, 7) is 4.68. The van der Waals surface area contributed by atoms with Gasteiger partial charge in [-0.15, -0.1) is 0 Å². The Bertz CT molecular complexity index is 781. The van der Waals surface area contributed by atoms with Gasteiger partial charge in [-0.1, -0.05) is 0 Å². The zero-order valence-electron chi connectivity index (χ0n) is 15.4. The van der Waals surface area contributed by atoms with Crippen molar-refractivity contribution in [3.05, 3.63) is 18.2 Å².